The van der Waals surface area contributed by atoms with E-state index < -0.39 is 6.04 Å². The standard InChI is InChI=1S/C20H32N6O2/c1-16(18(27)24-17-8-5-3-2-4-6-9-17)23-20(28)26-14-12-25(13-15-26)19-21-10-7-11-22-19/h7,10-11,16-17H,2-6,8-9,12-15H2,1H3,(H,23,28)(H,24,27). The van der Waals surface area contributed by atoms with Crippen LogP contribution in [-0.4, -0.2) is 65.1 Å². The molecule has 0 spiro atoms. The van der Waals surface area contributed by atoms with E-state index in [2.05, 4.69) is 25.5 Å². The van der Waals surface area contributed by atoms with Crippen LogP contribution in [0.1, 0.15) is 51.9 Å². The third kappa shape index (κ3) is 5.81. The molecule has 0 bridgehead atoms. The molecule has 1 aromatic heterocycles. The predicted molar refractivity (Wildman–Crippen MR) is 108 cm³/mol. The van der Waals surface area contributed by atoms with Crippen LogP contribution in [0.5, 0.6) is 0 Å². The summed E-state index contributed by atoms with van der Waals surface area (Å²) in [6.45, 7) is 4.28. The van der Waals surface area contributed by atoms with Gasteiger partial charge in [-0.1, -0.05) is 32.1 Å². The lowest BCUT2D eigenvalue weighted by Gasteiger charge is -2.35. The second-order valence-corrected chi connectivity index (χ2v) is 7.74. The van der Waals surface area contributed by atoms with Gasteiger partial charge in [-0.15, -0.1) is 0 Å². The Kier molecular flexibility index (Phi) is 7.45. The highest BCUT2D eigenvalue weighted by Crippen LogP contribution is 2.17. The molecule has 2 N–H and O–H groups in total. The third-order valence-electron chi connectivity index (χ3n) is 5.59. The summed E-state index contributed by atoms with van der Waals surface area (Å²) in [4.78, 5) is 37.4. The Bertz CT molecular complexity index is 625. The molecule has 1 unspecified atom stereocenters. The normalized spacial score (nSPS) is 20.0. The minimum atomic E-state index is -0.534. The van der Waals surface area contributed by atoms with Crippen LogP contribution in [-0.2, 0) is 4.79 Å². The van der Waals surface area contributed by atoms with Gasteiger partial charge in [-0.25, -0.2) is 14.8 Å². The zero-order valence-corrected chi connectivity index (χ0v) is 16.8. The number of anilines is 1. The number of carbonyl (C=O) groups excluding carboxylic acids is 2. The summed E-state index contributed by atoms with van der Waals surface area (Å²) in [5.41, 5.74) is 0. The molecule has 154 valence electrons. The lowest BCUT2D eigenvalue weighted by atomic mass is 9.96. The fourth-order valence-electron chi connectivity index (χ4n) is 3.83. The molecule has 8 heteroatoms. The molecule has 3 rings (SSSR count). The average Bonchev–Trinajstić information content (AvgIpc) is 2.70. The number of nitrogens with zero attached hydrogens (tertiary/aromatic N) is 4. The third-order valence-corrected chi connectivity index (χ3v) is 5.59. The Balaban J connectivity index is 1.42. The van der Waals surface area contributed by atoms with Gasteiger partial charge in [-0.05, 0) is 25.8 Å². The predicted octanol–water partition coefficient (Wildman–Crippen LogP) is 1.93. The van der Waals surface area contributed by atoms with Crippen molar-refractivity contribution in [1.29, 1.82) is 0 Å². The van der Waals surface area contributed by atoms with Crippen molar-refractivity contribution >= 4 is 17.9 Å². The Labute approximate surface area is 167 Å². The van der Waals surface area contributed by atoms with Crippen molar-refractivity contribution in [3.8, 4) is 0 Å². The smallest absolute Gasteiger partial charge is 0.318 e. The molecule has 1 aromatic rings. The number of hydrogen-bond donors (Lipinski definition) is 2. The van der Waals surface area contributed by atoms with Gasteiger partial charge in [-0.2, -0.15) is 0 Å². The molecule has 1 atom stereocenters. The topological polar surface area (TPSA) is 90.5 Å². The van der Waals surface area contributed by atoms with E-state index in [0.717, 1.165) is 12.8 Å². The van der Waals surface area contributed by atoms with E-state index in [-0.39, 0.29) is 18.0 Å². The Hall–Kier alpha value is -2.38. The number of hydrogen-bond acceptors (Lipinski definition) is 5. The molecule has 28 heavy (non-hydrogen) atoms. The fraction of sp³-hybridized carbons (Fsp3) is 0.700. The molecule has 1 aliphatic carbocycles. The molecule has 2 heterocycles. The summed E-state index contributed by atoms with van der Waals surface area (Å²) >= 11 is 0. The van der Waals surface area contributed by atoms with Crippen LogP contribution in [0.25, 0.3) is 0 Å². The monoisotopic (exact) mass is 388 g/mol. The van der Waals surface area contributed by atoms with E-state index in [0.29, 0.717) is 32.1 Å². The number of piperazine rings is 1. The van der Waals surface area contributed by atoms with Gasteiger partial charge in [0.2, 0.25) is 11.9 Å². The Morgan fingerprint density at radius 2 is 1.61 bits per heavy atom. The molecule has 2 fully saturated rings. The van der Waals surface area contributed by atoms with Gasteiger partial charge in [0.15, 0.2) is 0 Å². The van der Waals surface area contributed by atoms with Gasteiger partial charge in [0.05, 0.1) is 0 Å². The molecule has 0 aromatic carbocycles. The van der Waals surface area contributed by atoms with Crippen molar-refractivity contribution in [2.45, 2.75) is 64.0 Å². The zero-order chi connectivity index (χ0) is 19.8. The molecule has 3 amide bonds. The minimum Gasteiger partial charge on any atom is -0.352 e. The fourth-order valence-corrected chi connectivity index (χ4v) is 3.83. The van der Waals surface area contributed by atoms with Gasteiger partial charge in [0.25, 0.3) is 0 Å². The molecule has 8 nitrogen and oxygen atoms in total. The summed E-state index contributed by atoms with van der Waals surface area (Å²) in [6.07, 6.45) is 11.7. The number of amides is 3. The van der Waals surface area contributed by atoms with E-state index >= 15 is 0 Å². The second-order valence-electron chi connectivity index (χ2n) is 7.74. The highest BCUT2D eigenvalue weighted by Gasteiger charge is 2.25. The second kappa shape index (κ2) is 10.2. The molecule has 1 saturated heterocycles. The Morgan fingerprint density at radius 3 is 2.25 bits per heavy atom. The van der Waals surface area contributed by atoms with Crippen molar-refractivity contribution in [3.05, 3.63) is 18.5 Å². The SMILES string of the molecule is CC(NC(=O)N1CCN(c2ncccn2)CC1)C(=O)NC1CCCCCCC1. The maximum atomic E-state index is 12.5. The average molecular weight is 389 g/mol. The first-order valence-corrected chi connectivity index (χ1v) is 10.5. The van der Waals surface area contributed by atoms with Crippen LogP contribution in [0.15, 0.2) is 18.5 Å². The highest BCUT2D eigenvalue weighted by molar-refractivity contribution is 5.86. The molecule has 0 radical (unpaired) electrons. The first kappa shape index (κ1) is 20.4. The van der Waals surface area contributed by atoms with Crippen molar-refractivity contribution < 1.29 is 9.59 Å². The quantitative estimate of drug-likeness (QED) is 0.822. The zero-order valence-electron chi connectivity index (χ0n) is 16.8. The van der Waals surface area contributed by atoms with Crippen LogP contribution in [0, 0.1) is 0 Å². The van der Waals surface area contributed by atoms with Crippen LogP contribution in [0.4, 0.5) is 10.7 Å². The van der Waals surface area contributed by atoms with Crippen LogP contribution >= 0.6 is 0 Å². The first-order chi connectivity index (χ1) is 13.6. The summed E-state index contributed by atoms with van der Waals surface area (Å²) in [6, 6.07) is 1.31. The van der Waals surface area contributed by atoms with Gasteiger partial charge in [-0.3, -0.25) is 4.79 Å². The highest BCUT2D eigenvalue weighted by atomic mass is 16.2. The summed E-state index contributed by atoms with van der Waals surface area (Å²) < 4.78 is 0. The van der Waals surface area contributed by atoms with Gasteiger partial charge >= 0.3 is 6.03 Å². The van der Waals surface area contributed by atoms with E-state index in [4.69, 9.17) is 0 Å². The van der Waals surface area contributed by atoms with Gasteiger partial charge < -0.3 is 20.4 Å². The van der Waals surface area contributed by atoms with Gasteiger partial charge in [0, 0.05) is 44.6 Å². The lowest BCUT2D eigenvalue weighted by Crippen LogP contribution is -2.56. The van der Waals surface area contributed by atoms with E-state index in [1.807, 2.05) is 0 Å². The maximum Gasteiger partial charge on any atom is 0.318 e. The lowest BCUT2D eigenvalue weighted by molar-refractivity contribution is -0.123. The number of aromatic nitrogens is 2. The van der Waals surface area contributed by atoms with Crippen molar-refractivity contribution in [2.24, 2.45) is 0 Å². The maximum absolute atomic E-state index is 12.5. The van der Waals surface area contributed by atoms with Crippen molar-refractivity contribution in [2.75, 3.05) is 31.1 Å². The molecule has 2 aliphatic rings. The summed E-state index contributed by atoms with van der Waals surface area (Å²) in [5.74, 6) is 0.602. The number of carbonyl (C=O) groups is 2. The summed E-state index contributed by atoms with van der Waals surface area (Å²) in [7, 11) is 0. The summed E-state index contributed by atoms with van der Waals surface area (Å²) in [5, 5.41) is 5.97. The van der Waals surface area contributed by atoms with Gasteiger partial charge in [0.1, 0.15) is 6.04 Å². The Morgan fingerprint density at radius 1 is 1.00 bits per heavy atom. The van der Waals surface area contributed by atoms with Crippen molar-refractivity contribution in [1.82, 2.24) is 25.5 Å². The molecular formula is C20H32N6O2. The number of nitrogens with one attached hydrogen (secondary N) is 2. The van der Waals surface area contributed by atoms with Crippen LogP contribution < -0.4 is 15.5 Å². The minimum absolute atomic E-state index is 0.0877. The largest absolute Gasteiger partial charge is 0.352 e. The number of urea groups is 1. The van der Waals surface area contributed by atoms with E-state index in [1.54, 1.807) is 30.3 Å². The molecular weight excluding hydrogens is 356 g/mol. The number of rotatable bonds is 4. The van der Waals surface area contributed by atoms with Crippen LogP contribution in [0.2, 0.25) is 0 Å². The van der Waals surface area contributed by atoms with E-state index in [9.17, 15) is 9.59 Å². The van der Waals surface area contributed by atoms with Crippen LogP contribution in [0.3, 0.4) is 0 Å². The molecule has 1 aliphatic heterocycles. The van der Waals surface area contributed by atoms with E-state index in [1.165, 1.54) is 32.1 Å². The van der Waals surface area contributed by atoms with Crippen molar-refractivity contribution in [3.63, 3.8) is 0 Å². The first-order valence-electron chi connectivity index (χ1n) is 10.5. The molecule has 1 saturated carbocycles.